The van der Waals surface area contributed by atoms with Crippen molar-refractivity contribution < 1.29 is 22.4 Å². The van der Waals surface area contributed by atoms with E-state index in [0.717, 1.165) is 0 Å². The first kappa shape index (κ1) is 17.5. The van der Waals surface area contributed by atoms with Crippen molar-refractivity contribution in [3.8, 4) is 0 Å². The van der Waals surface area contributed by atoms with Gasteiger partial charge in [-0.05, 0) is 30.3 Å². The number of nitrogens with zero attached hydrogens (tertiary/aromatic N) is 1. The second kappa shape index (κ2) is 7.26. The van der Waals surface area contributed by atoms with Gasteiger partial charge in [0.05, 0.1) is 5.75 Å². The fraction of sp³-hybridized carbons (Fsp3) is 0.294. The van der Waals surface area contributed by atoms with E-state index in [2.05, 4.69) is 10.3 Å². The van der Waals surface area contributed by atoms with Crippen molar-refractivity contribution in [2.75, 3.05) is 5.32 Å². The zero-order valence-corrected chi connectivity index (χ0v) is 14.4. The molecule has 0 bridgehead atoms. The predicted molar refractivity (Wildman–Crippen MR) is 92.1 cm³/mol. The Kier molecular flexibility index (Phi) is 5.08. The summed E-state index contributed by atoms with van der Waals surface area (Å²) in [5.74, 6) is -1.75. The number of benzene rings is 1. The fourth-order valence-corrected chi connectivity index (χ4v) is 2.63. The summed E-state index contributed by atoms with van der Waals surface area (Å²) < 4.78 is 35.3. The molecule has 5 nitrogen and oxygen atoms in total. The van der Waals surface area contributed by atoms with Crippen LogP contribution in [0.5, 0.6) is 0 Å². The minimum absolute atomic E-state index is 0.00776. The first-order chi connectivity index (χ1) is 11.9. The second-order valence-corrected chi connectivity index (χ2v) is 6.66. The summed E-state index contributed by atoms with van der Waals surface area (Å²) in [5, 5.41) is 2.70. The summed E-state index contributed by atoms with van der Waals surface area (Å²) in [5.41, 5.74) is 1.84. The van der Waals surface area contributed by atoms with Gasteiger partial charge in [-0.2, -0.15) is 8.78 Å². The van der Waals surface area contributed by atoms with Crippen molar-refractivity contribution >= 4 is 34.5 Å². The van der Waals surface area contributed by atoms with Gasteiger partial charge in [0.25, 0.3) is 11.7 Å². The van der Waals surface area contributed by atoms with Crippen LogP contribution in [0, 0.1) is 0 Å². The number of hydrogen-bond donors (Lipinski definition) is 1. The number of carbonyl (C=O) groups is 1. The van der Waals surface area contributed by atoms with Gasteiger partial charge in [0.15, 0.2) is 17.2 Å². The molecule has 0 saturated heterocycles. The largest absolute Gasteiger partial charge is 0.455 e. The van der Waals surface area contributed by atoms with Crippen LogP contribution in [0.3, 0.4) is 0 Å². The molecule has 0 aliphatic rings. The number of halogens is 2. The Morgan fingerprint density at radius 3 is 2.76 bits per heavy atom. The van der Waals surface area contributed by atoms with E-state index >= 15 is 0 Å². The molecule has 0 unspecified atom stereocenters. The third-order valence-corrected chi connectivity index (χ3v) is 4.10. The molecule has 1 amide bonds. The number of furan rings is 1. The van der Waals surface area contributed by atoms with Crippen molar-refractivity contribution in [2.45, 2.75) is 31.3 Å². The van der Waals surface area contributed by atoms with Gasteiger partial charge in [0.1, 0.15) is 11.3 Å². The number of rotatable bonds is 6. The molecule has 8 heteroatoms. The van der Waals surface area contributed by atoms with Gasteiger partial charge in [-0.15, -0.1) is 0 Å². The molecule has 2 aromatic heterocycles. The SMILES string of the molecule is CC(C)c1nc2cc(NC(=O)c3ccc(CSC(F)F)o3)ccc2o1. The van der Waals surface area contributed by atoms with E-state index in [0.29, 0.717) is 40.2 Å². The van der Waals surface area contributed by atoms with E-state index in [-0.39, 0.29) is 17.4 Å². The van der Waals surface area contributed by atoms with Crippen LogP contribution in [0.1, 0.15) is 42.0 Å². The van der Waals surface area contributed by atoms with Crippen LogP contribution in [0.15, 0.2) is 39.2 Å². The van der Waals surface area contributed by atoms with Gasteiger partial charge in [-0.3, -0.25) is 4.79 Å². The van der Waals surface area contributed by atoms with Crippen LogP contribution in [0.25, 0.3) is 11.1 Å². The lowest BCUT2D eigenvalue weighted by Crippen LogP contribution is -2.10. The molecule has 3 aromatic rings. The lowest BCUT2D eigenvalue weighted by atomic mass is 10.2. The van der Waals surface area contributed by atoms with E-state index < -0.39 is 11.7 Å². The summed E-state index contributed by atoms with van der Waals surface area (Å²) >= 11 is 0.442. The highest BCUT2D eigenvalue weighted by Gasteiger charge is 2.14. The molecule has 0 aliphatic heterocycles. The first-order valence-corrected chi connectivity index (χ1v) is 8.67. The second-order valence-electron chi connectivity index (χ2n) is 5.68. The Morgan fingerprint density at radius 1 is 1.24 bits per heavy atom. The third kappa shape index (κ3) is 4.19. The fourth-order valence-electron chi connectivity index (χ4n) is 2.19. The number of hydrogen-bond acceptors (Lipinski definition) is 5. The molecule has 0 fully saturated rings. The van der Waals surface area contributed by atoms with Crippen molar-refractivity contribution in [3.63, 3.8) is 0 Å². The highest BCUT2D eigenvalue weighted by Crippen LogP contribution is 2.25. The average Bonchev–Trinajstić information content (AvgIpc) is 3.19. The quantitative estimate of drug-likeness (QED) is 0.645. The Balaban J connectivity index is 1.71. The molecule has 2 heterocycles. The van der Waals surface area contributed by atoms with Crippen molar-refractivity contribution in [3.05, 3.63) is 47.7 Å². The van der Waals surface area contributed by atoms with Crippen LogP contribution in [0.2, 0.25) is 0 Å². The van der Waals surface area contributed by atoms with Crippen molar-refractivity contribution in [1.82, 2.24) is 4.98 Å². The maximum absolute atomic E-state index is 12.2. The Hall–Kier alpha value is -2.35. The zero-order valence-electron chi connectivity index (χ0n) is 13.6. The molecule has 0 atom stereocenters. The third-order valence-electron chi connectivity index (χ3n) is 3.39. The van der Waals surface area contributed by atoms with Gasteiger partial charge in [-0.25, -0.2) is 4.98 Å². The van der Waals surface area contributed by atoms with Gasteiger partial charge < -0.3 is 14.2 Å². The topological polar surface area (TPSA) is 68.3 Å². The Bertz CT molecular complexity index is 889. The highest BCUT2D eigenvalue weighted by molar-refractivity contribution is 7.98. The molecule has 1 aromatic carbocycles. The monoisotopic (exact) mass is 366 g/mol. The molecular formula is C17H16F2N2O3S. The van der Waals surface area contributed by atoms with Crippen LogP contribution in [0.4, 0.5) is 14.5 Å². The number of alkyl halides is 2. The molecule has 0 spiro atoms. The average molecular weight is 366 g/mol. The minimum Gasteiger partial charge on any atom is -0.455 e. The van der Waals surface area contributed by atoms with Gasteiger partial charge in [0.2, 0.25) is 0 Å². The number of nitrogens with one attached hydrogen (secondary N) is 1. The smallest absolute Gasteiger partial charge is 0.291 e. The number of fused-ring (bicyclic) bond motifs is 1. The molecule has 0 radical (unpaired) electrons. The number of aromatic nitrogens is 1. The summed E-state index contributed by atoms with van der Waals surface area (Å²) in [7, 11) is 0. The van der Waals surface area contributed by atoms with Crippen LogP contribution in [-0.2, 0) is 5.75 Å². The number of oxazole rings is 1. The molecule has 1 N–H and O–H groups in total. The summed E-state index contributed by atoms with van der Waals surface area (Å²) in [6.07, 6.45) is 0. The van der Waals surface area contributed by atoms with E-state index in [1.807, 2.05) is 13.8 Å². The van der Waals surface area contributed by atoms with Crippen LogP contribution >= 0.6 is 11.8 Å². The molecule has 0 saturated carbocycles. The highest BCUT2D eigenvalue weighted by atomic mass is 32.2. The zero-order chi connectivity index (χ0) is 18.0. The minimum atomic E-state index is -2.48. The number of amides is 1. The maximum atomic E-state index is 12.2. The standard InChI is InChI=1S/C17H16F2N2O3S/c1-9(2)16-21-12-7-10(3-5-13(12)24-16)20-15(22)14-6-4-11(23-14)8-25-17(18)19/h3-7,9,17H,8H2,1-2H3,(H,20,22). The Labute approximate surface area is 146 Å². The van der Waals surface area contributed by atoms with E-state index in [9.17, 15) is 13.6 Å². The first-order valence-electron chi connectivity index (χ1n) is 7.62. The predicted octanol–water partition coefficient (Wildman–Crippen LogP) is 5.25. The molecule has 132 valence electrons. The number of anilines is 1. The van der Waals surface area contributed by atoms with Crippen LogP contribution < -0.4 is 5.32 Å². The number of thioether (sulfide) groups is 1. The van der Waals surface area contributed by atoms with Gasteiger partial charge >= 0.3 is 0 Å². The molecule has 25 heavy (non-hydrogen) atoms. The molecule has 0 aliphatic carbocycles. The van der Waals surface area contributed by atoms with Gasteiger partial charge in [0, 0.05) is 11.6 Å². The molecular weight excluding hydrogens is 350 g/mol. The summed E-state index contributed by atoms with van der Waals surface area (Å²) in [6, 6.07) is 8.12. The lowest BCUT2D eigenvalue weighted by molar-refractivity contribution is 0.0995. The normalized spacial score (nSPS) is 11.6. The lowest BCUT2D eigenvalue weighted by Gasteiger charge is -2.02. The van der Waals surface area contributed by atoms with E-state index in [4.69, 9.17) is 8.83 Å². The molecule has 3 rings (SSSR count). The summed E-state index contributed by atoms with van der Waals surface area (Å²) in [6.45, 7) is 3.96. The summed E-state index contributed by atoms with van der Waals surface area (Å²) in [4.78, 5) is 16.6. The van der Waals surface area contributed by atoms with Crippen molar-refractivity contribution in [1.29, 1.82) is 0 Å². The van der Waals surface area contributed by atoms with Crippen LogP contribution in [-0.4, -0.2) is 16.6 Å². The number of carbonyl (C=O) groups excluding carboxylic acids is 1. The Morgan fingerprint density at radius 2 is 2.04 bits per heavy atom. The maximum Gasteiger partial charge on any atom is 0.291 e. The van der Waals surface area contributed by atoms with Gasteiger partial charge in [-0.1, -0.05) is 25.6 Å². The van der Waals surface area contributed by atoms with E-state index in [1.165, 1.54) is 12.1 Å². The van der Waals surface area contributed by atoms with E-state index in [1.54, 1.807) is 18.2 Å². The van der Waals surface area contributed by atoms with Crippen molar-refractivity contribution in [2.24, 2.45) is 0 Å².